The zero-order chi connectivity index (χ0) is 30.7. The first-order chi connectivity index (χ1) is 20.7. The Kier molecular flexibility index (Phi) is 8.58. The summed E-state index contributed by atoms with van der Waals surface area (Å²) in [7, 11) is 1.58. The van der Waals surface area contributed by atoms with Crippen LogP contribution in [0.5, 0.6) is 17.2 Å². The van der Waals surface area contributed by atoms with Gasteiger partial charge < -0.3 is 19.2 Å². The molecule has 220 valence electrons. The summed E-state index contributed by atoms with van der Waals surface area (Å²) in [6.45, 7) is 5.85. The molecule has 5 aromatic rings. The van der Waals surface area contributed by atoms with Gasteiger partial charge in [-0.2, -0.15) is 0 Å². The maximum atomic E-state index is 15.2. The number of nitrogens with one attached hydrogen (secondary N) is 1. The van der Waals surface area contributed by atoms with Crippen molar-refractivity contribution in [1.29, 1.82) is 0 Å². The van der Waals surface area contributed by atoms with E-state index in [0.717, 1.165) is 0 Å². The van der Waals surface area contributed by atoms with Gasteiger partial charge in [0, 0.05) is 48.8 Å². The summed E-state index contributed by atoms with van der Waals surface area (Å²) in [5.41, 5.74) is 3.18. The van der Waals surface area contributed by atoms with Crippen molar-refractivity contribution in [3.05, 3.63) is 111 Å². The summed E-state index contributed by atoms with van der Waals surface area (Å²) in [6, 6.07) is 11.6. The normalized spacial score (nSPS) is 11.1. The number of methoxy groups -OCH3 is 1. The number of hydrogen-bond donors (Lipinski definition) is 1. The Morgan fingerprint density at radius 2 is 1.74 bits per heavy atom. The summed E-state index contributed by atoms with van der Waals surface area (Å²) in [6.07, 6.45) is 2.83. The van der Waals surface area contributed by atoms with Gasteiger partial charge in [0.15, 0.2) is 23.1 Å². The lowest BCUT2D eigenvalue weighted by molar-refractivity contribution is 0.0991. The molecule has 0 radical (unpaired) electrons. The number of ketones is 1. The van der Waals surface area contributed by atoms with Crippen molar-refractivity contribution in [2.24, 2.45) is 0 Å². The average Bonchev–Trinajstić information content (AvgIpc) is 2.95. The molecule has 0 unspecified atom stereocenters. The molecule has 10 heteroatoms. The Morgan fingerprint density at radius 1 is 0.930 bits per heavy atom. The van der Waals surface area contributed by atoms with Crippen LogP contribution in [0.25, 0.3) is 22.2 Å². The van der Waals surface area contributed by atoms with E-state index in [2.05, 4.69) is 15.0 Å². The molecule has 0 aliphatic carbocycles. The maximum absolute atomic E-state index is 15.2. The van der Waals surface area contributed by atoms with Crippen LogP contribution in [0, 0.1) is 32.4 Å². The zero-order valence-electron chi connectivity index (χ0n) is 24.1. The fraction of sp³-hybridized carbons (Fsp3) is 0.212. The van der Waals surface area contributed by atoms with Crippen LogP contribution < -0.4 is 14.9 Å². The number of hydrogen-bond acceptors (Lipinski definition) is 7. The lowest BCUT2D eigenvalue weighted by Gasteiger charge is -2.14. The molecule has 0 atom stereocenters. The largest absolute Gasteiger partial charge is 0.489 e. The summed E-state index contributed by atoms with van der Waals surface area (Å²) >= 11 is 0. The number of aromatic nitrogens is 3. The van der Waals surface area contributed by atoms with Crippen molar-refractivity contribution in [2.75, 3.05) is 20.3 Å². The van der Waals surface area contributed by atoms with Crippen LogP contribution in [0.15, 0.2) is 65.7 Å². The van der Waals surface area contributed by atoms with Gasteiger partial charge in [-0.3, -0.25) is 14.6 Å². The van der Waals surface area contributed by atoms with Crippen molar-refractivity contribution in [3.8, 4) is 28.4 Å². The highest BCUT2D eigenvalue weighted by Gasteiger charge is 2.22. The number of aromatic amines is 1. The van der Waals surface area contributed by atoms with Crippen molar-refractivity contribution >= 4 is 16.8 Å². The number of nitrogens with zero attached hydrogens (tertiary/aromatic N) is 2. The molecule has 0 aliphatic rings. The minimum atomic E-state index is -0.688. The lowest BCUT2D eigenvalue weighted by Crippen LogP contribution is -2.23. The second-order valence-electron chi connectivity index (χ2n) is 10.1. The van der Waals surface area contributed by atoms with Crippen LogP contribution in [0.1, 0.15) is 32.9 Å². The van der Waals surface area contributed by atoms with Gasteiger partial charge in [0.1, 0.15) is 23.7 Å². The molecule has 0 spiro atoms. The molecular formula is C33H29F2N3O5. The third kappa shape index (κ3) is 6.29. The van der Waals surface area contributed by atoms with Crippen LogP contribution in [0.3, 0.4) is 0 Å². The monoisotopic (exact) mass is 585 g/mol. The maximum Gasteiger partial charge on any atom is 0.200 e. The number of halogens is 2. The molecule has 0 aliphatic heterocycles. The highest BCUT2D eigenvalue weighted by Crippen LogP contribution is 2.31. The first kappa shape index (κ1) is 29.5. The van der Waals surface area contributed by atoms with Crippen LogP contribution >= 0.6 is 0 Å². The molecule has 0 fully saturated rings. The number of aryl methyl sites for hydroxylation is 3. The fourth-order valence-corrected chi connectivity index (χ4v) is 4.96. The molecule has 3 heterocycles. The van der Waals surface area contributed by atoms with Gasteiger partial charge in [-0.1, -0.05) is 12.1 Å². The topological polar surface area (TPSA) is 103 Å². The molecule has 3 aromatic heterocycles. The van der Waals surface area contributed by atoms with E-state index in [9.17, 15) is 14.0 Å². The average molecular weight is 586 g/mol. The second kappa shape index (κ2) is 12.5. The van der Waals surface area contributed by atoms with Crippen molar-refractivity contribution in [3.63, 3.8) is 0 Å². The first-order valence-electron chi connectivity index (χ1n) is 13.5. The molecule has 0 bridgehead atoms. The van der Waals surface area contributed by atoms with E-state index in [4.69, 9.17) is 14.2 Å². The predicted octanol–water partition coefficient (Wildman–Crippen LogP) is 6.43. The predicted molar refractivity (Wildman–Crippen MR) is 158 cm³/mol. The molecule has 5 rings (SSSR count). The molecule has 1 N–H and O–H groups in total. The number of pyridine rings is 3. The van der Waals surface area contributed by atoms with E-state index in [0.29, 0.717) is 69.4 Å². The van der Waals surface area contributed by atoms with E-state index in [1.807, 2.05) is 0 Å². The number of H-pyrrole nitrogens is 1. The van der Waals surface area contributed by atoms with Crippen molar-refractivity contribution < 1.29 is 27.8 Å². The van der Waals surface area contributed by atoms with Crippen LogP contribution in [-0.4, -0.2) is 41.1 Å². The molecule has 2 aromatic carbocycles. The van der Waals surface area contributed by atoms with Crippen molar-refractivity contribution in [1.82, 2.24) is 15.0 Å². The van der Waals surface area contributed by atoms with Gasteiger partial charge in [-0.15, -0.1) is 0 Å². The van der Waals surface area contributed by atoms with Gasteiger partial charge in [-0.05, 0) is 61.7 Å². The number of carbonyl (C=O) groups excluding carboxylic acids is 1. The van der Waals surface area contributed by atoms with E-state index < -0.39 is 22.8 Å². The zero-order valence-corrected chi connectivity index (χ0v) is 24.1. The van der Waals surface area contributed by atoms with E-state index in [1.54, 1.807) is 46.1 Å². The minimum absolute atomic E-state index is 0.0232. The number of ether oxygens (including phenoxy) is 3. The minimum Gasteiger partial charge on any atom is -0.489 e. The SMILES string of the molecule is COCCOc1cnc2c(Oc3ccc(CC(=O)c4c(C)[nH]c(C)c(-c5ccc(F)cc5C)c4=O)cc3F)ccnc2c1. The Balaban J connectivity index is 1.38. The fourth-order valence-electron chi connectivity index (χ4n) is 4.96. The molecular weight excluding hydrogens is 556 g/mol. The van der Waals surface area contributed by atoms with Crippen molar-refractivity contribution in [2.45, 2.75) is 27.2 Å². The number of Topliss-reactive ketones (excluding diaryl/α,β-unsaturated/α-hetero) is 1. The van der Waals surface area contributed by atoms with E-state index in [-0.39, 0.29) is 17.7 Å². The Bertz CT molecular complexity index is 1900. The van der Waals surface area contributed by atoms with Crippen LogP contribution in [0.4, 0.5) is 8.78 Å². The number of rotatable bonds is 10. The molecule has 0 amide bonds. The number of fused-ring (bicyclic) bond motifs is 1. The number of carbonyl (C=O) groups is 1. The first-order valence-corrected chi connectivity index (χ1v) is 13.5. The Morgan fingerprint density at radius 3 is 2.49 bits per heavy atom. The van der Waals surface area contributed by atoms with Gasteiger partial charge in [0.2, 0.25) is 5.43 Å². The second-order valence-corrected chi connectivity index (χ2v) is 10.1. The number of benzene rings is 2. The molecule has 43 heavy (non-hydrogen) atoms. The van der Waals surface area contributed by atoms with Crippen LogP contribution in [-0.2, 0) is 11.2 Å². The lowest BCUT2D eigenvalue weighted by atomic mass is 9.93. The summed E-state index contributed by atoms with van der Waals surface area (Å²) in [5, 5.41) is 0. The summed E-state index contributed by atoms with van der Waals surface area (Å²) in [5.74, 6) is -0.838. The Hall–Kier alpha value is -4.96. The summed E-state index contributed by atoms with van der Waals surface area (Å²) in [4.78, 5) is 38.7. The standard InChI is InChI=1S/C33H29F2N3O5/c1-18-13-22(34)6-7-24(18)30-19(2)38-20(3)31(33(30)40)27(39)15-21-5-8-28(25(35)14-21)43-29-9-10-36-26-16-23(17-37-32(26)29)42-12-11-41-4/h5-10,13-14,16-17H,11-12,15H2,1-4H3,(H,38,40). The van der Waals surface area contributed by atoms with E-state index in [1.165, 1.54) is 42.7 Å². The Labute approximate surface area is 246 Å². The quantitative estimate of drug-likeness (QED) is 0.149. The molecule has 8 nitrogen and oxygen atoms in total. The molecule has 0 saturated heterocycles. The van der Waals surface area contributed by atoms with Gasteiger partial charge in [0.05, 0.1) is 23.9 Å². The highest BCUT2D eigenvalue weighted by atomic mass is 19.1. The highest BCUT2D eigenvalue weighted by molar-refractivity contribution is 5.99. The third-order valence-electron chi connectivity index (χ3n) is 6.97. The van der Waals surface area contributed by atoms with Gasteiger partial charge in [-0.25, -0.2) is 13.8 Å². The van der Waals surface area contributed by atoms with Gasteiger partial charge >= 0.3 is 0 Å². The van der Waals surface area contributed by atoms with Gasteiger partial charge in [0.25, 0.3) is 0 Å². The molecule has 0 saturated carbocycles. The smallest absolute Gasteiger partial charge is 0.200 e. The van der Waals surface area contributed by atoms with E-state index >= 15 is 4.39 Å². The summed E-state index contributed by atoms with van der Waals surface area (Å²) < 4.78 is 45.3. The van der Waals surface area contributed by atoms with Crippen LogP contribution in [0.2, 0.25) is 0 Å². The third-order valence-corrected chi connectivity index (χ3v) is 6.97.